The van der Waals surface area contributed by atoms with Crippen molar-refractivity contribution in [2.45, 2.75) is 50.8 Å². The van der Waals surface area contributed by atoms with Crippen molar-refractivity contribution in [2.75, 3.05) is 10.0 Å². The lowest BCUT2D eigenvalue weighted by Crippen LogP contribution is -2.38. The third kappa shape index (κ3) is 6.03. The zero-order chi connectivity index (χ0) is 21.7. The van der Waals surface area contributed by atoms with Gasteiger partial charge in [0.1, 0.15) is 0 Å². The van der Waals surface area contributed by atoms with E-state index >= 15 is 0 Å². The van der Waals surface area contributed by atoms with E-state index in [1.807, 2.05) is 19.9 Å². The summed E-state index contributed by atoms with van der Waals surface area (Å²) in [6, 6.07) is 11.8. The summed E-state index contributed by atoms with van der Waals surface area (Å²) in [6.07, 6.45) is 5.12. The first-order chi connectivity index (χ1) is 14.2. The number of carbonyl (C=O) groups is 1. The van der Waals surface area contributed by atoms with Gasteiger partial charge in [-0.1, -0.05) is 25.3 Å². The van der Waals surface area contributed by atoms with Crippen molar-refractivity contribution in [1.82, 2.24) is 5.32 Å². The molecule has 0 spiro atoms. The van der Waals surface area contributed by atoms with Gasteiger partial charge in [-0.05, 0) is 86.4 Å². The molecule has 3 N–H and O–H groups in total. The Morgan fingerprint density at radius 1 is 0.933 bits per heavy atom. The molecular weight excluding hydrogens is 418 g/mol. The molecule has 0 atom stereocenters. The van der Waals surface area contributed by atoms with Crippen LogP contribution in [-0.2, 0) is 14.8 Å². The number of anilines is 2. The second-order valence-corrected chi connectivity index (χ2v) is 9.88. The normalized spacial score (nSPS) is 14.7. The number of rotatable bonds is 5. The summed E-state index contributed by atoms with van der Waals surface area (Å²) in [6.45, 7) is 3.84. The third-order valence-electron chi connectivity index (χ3n) is 5.11. The van der Waals surface area contributed by atoms with Crippen molar-refractivity contribution in [3.05, 3.63) is 53.6 Å². The molecule has 2 aromatic rings. The number of benzene rings is 2. The van der Waals surface area contributed by atoms with E-state index in [1.54, 1.807) is 24.3 Å². The number of nitrogens with one attached hydrogen (secondary N) is 3. The number of hydrogen-bond acceptors (Lipinski definition) is 4. The molecule has 1 saturated carbocycles. The summed E-state index contributed by atoms with van der Waals surface area (Å²) in [5.74, 6) is -0.0357. The number of hydrogen-bond donors (Lipinski definition) is 3. The molecule has 3 rings (SSSR count). The van der Waals surface area contributed by atoms with Crippen LogP contribution in [0, 0.1) is 19.8 Å². The summed E-state index contributed by atoms with van der Waals surface area (Å²) >= 11 is 5.23. The van der Waals surface area contributed by atoms with Crippen molar-refractivity contribution < 1.29 is 13.2 Å². The highest BCUT2D eigenvalue weighted by Crippen LogP contribution is 2.24. The molecule has 30 heavy (non-hydrogen) atoms. The molecular formula is C22H27N3O3S2. The maximum atomic E-state index is 12.7. The molecule has 0 saturated heterocycles. The predicted octanol–water partition coefficient (Wildman–Crippen LogP) is 4.50. The fraction of sp³-hybridized carbons (Fsp3) is 0.364. The maximum Gasteiger partial charge on any atom is 0.261 e. The SMILES string of the molecule is Cc1cc(C)cc(NS(=O)(=O)c2ccc(NC(=S)NC(=O)C3CCCCC3)cc2)c1. The summed E-state index contributed by atoms with van der Waals surface area (Å²) in [5, 5.41) is 5.89. The summed E-state index contributed by atoms with van der Waals surface area (Å²) in [4.78, 5) is 12.4. The average Bonchev–Trinajstić information content (AvgIpc) is 2.67. The highest BCUT2D eigenvalue weighted by Gasteiger charge is 2.21. The Hall–Kier alpha value is -2.45. The van der Waals surface area contributed by atoms with Gasteiger partial charge in [0.05, 0.1) is 4.90 Å². The van der Waals surface area contributed by atoms with E-state index in [4.69, 9.17) is 12.2 Å². The van der Waals surface area contributed by atoms with E-state index in [-0.39, 0.29) is 21.8 Å². The second-order valence-electron chi connectivity index (χ2n) is 7.78. The van der Waals surface area contributed by atoms with Gasteiger partial charge in [-0.2, -0.15) is 0 Å². The second kappa shape index (κ2) is 9.57. The number of sulfonamides is 1. The lowest BCUT2D eigenvalue weighted by atomic mass is 9.89. The van der Waals surface area contributed by atoms with E-state index in [1.165, 1.54) is 18.6 Å². The lowest BCUT2D eigenvalue weighted by Gasteiger charge is -2.21. The molecule has 2 aromatic carbocycles. The Bertz CT molecular complexity index is 1010. The zero-order valence-electron chi connectivity index (χ0n) is 17.2. The van der Waals surface area contributed by atoms with Crippen LogP contribution < -0.4 is 15.4 Å². The monoisotopic (exact) mass is 445 g/mol. The molecule has 160 valence electrons. The van der Waals surface area contributed by atoms with Crippen LogP contribution in [0.1, 0.15) is 43.2 Å². The largest absolute Gasteiger partial charge is 0.332 e. The van der Waals surface area contributed by atoms with Gasteiger partial charge in [-0.3, -0.25) is 9.52 Å². The van der Waals surface area contributed by atoms with Crippen LogP contribution in [0.3, 0.4) is 0 Å². The summed E-state index contributed by atoms with van der Waals surface area (Å²) < 4.78 is 27.9. The standard InChI is InChI=1S/C22H27N3O3S2/c1-15-12-16(2)14-19(13-15)25-30(27,28)20-10-8-18(9-11-20)23-22(29)24-21(26)17-6-4-3-5-7-17/h8-14,17,25H,3-7H2,1-2H3,(H2,23,24,26,29). The Balaban J connectivity index is 1.60. The molecule has 0 aromatic heterocycles. The van der Waals surface area contributed by atoms with E-state index in [0.717, 1.165) is 36.8 Å². The molecule has 1 aliphatic rings. The van der Waals surface area contributed by atoms with Crippen LogP contribution in [0.5, 0.6) is 0 Å². The van der Waals surface area contributed by atoms with Gasteiger partial charge in [0.15, 0.2) is 5.11 Å². The van der Waals surface area contributed by atoms with E-state index < -0.39 is 10.0 Å². The zero-order valence-corrected chi connectivity index (χ0v) is 18.8. The maximum absolute atomic E-state index is 12.7. The summed E-state index contributed by atoms with van der Waals surface area (Å²) in [7, 11) is -3.71. The van der Waals surface area contributed by atoms with E-state index in [2.05, 4.69) is 15.4 Å². The van der Waals surface area contributed by atoms with Crippen LogP contribution in [-0.4, -0.2) is 19.4 Å². The summed E-state index contributed by atoms with van der Waals surface area (Å²) in [5.41, 5.74) is 3.10. The first-order valence-electron chi connectivity index (χ1n) is 10.1. The molecule has 1 fully saturated rings. The van der Waals surface area contributed by atoms with Gasteiger partial charge in [-0.25, -0.2) is 8.42 Å². The fourth-order valence-electron chi connectivity index (χ4n) is 3.71. The number of carbonyl (C=O) groups excluding carboxylic acids is 1. The topological polar surface area (TPSA) is 87.3 Å². The van der Waals surface area contributed by atoms with Crippen LogP contribution >= 0.6 is 12.2 Å². The number of aryl methyl sites for hydroxylation is 2. The number of amides is 1. The first kappa shape index (κ1) is 22.2. The molecule has 0 bridgehead atoms. The van der Waals surface area contributed by atoms with Crippen molar-refractivity contribution in [3.63, 3.8) is 0 Å². The van der Waals surface area contributed by atoms with E-state index in [0.29, 0.717) is 11.4 Å². The number of thiocarbonyl (C=S) groups is 1. The van der Waals surface area contributed by atoms with Gasteiger partial charge in [0.2, 0.25) is 5.91 Å². The molecule has 0 unspecified atom stereocenters. The van der Waals surface area contributed by atoms with Crippen LogP contribution in [0.15, 0.2) is 47.4 Å². The highest BCUT2D eigenvalue weighted by molar-refractivity contribution is 7.92. The van der Waals surface area contributed by atoms with Crippen LogP contribution in [0.2, 0.25) is 0 Å². The molecule has 6 nitrogen and oxygen atoms in total. The third-order valence-corrected chi connectivity index (χ3v) is 6.71. The molecule has 1 aliphatic carbocycles. The first-order valence-corrected chi connectivity index (χ1v) is 11.9. The predicted molar refractivity (Wildman–Crippen MR) is 124 cm³/mol. The Morgan fingerprint density at radius 2 is 1.53 bits per heavy atom. The minimum absolute atomic E-state index is 0.0161. The van der Waals surface area contributed by atoms with Crippen molar-refractivity contribution in [2.24, 2.45) is 5.92 Å². The van der Waals surface area contributed by atoms with Gasteiger partial charge < -0.3 is 10.6 Å². The van der Waals surface area contributed by atoms with Gasteiger partial charge in [0.25, 0.3) is 10.0 Å². The Morgan fingerprint density at radius 3 is 2.13 bits per heavy atom. The fourth-order valence-corrected chi connectivity index (χ4v) is 4.97. The van der Waals surface area contributed by atoms with E-state index in [9.17, 15) is 13.2 Å². The van der Waals surface area contributed by atoms with Crippen molar-refractivity contribution >= 4 is 44.6 Å². The van der Waals surface area contributed by atoms with Crippen molar-refractivity contribution in [1.29, 1.82) is 0 Å². The van der Waals surface area contributed by atoms with Gasteiger partial charge in [0, 0.05) is 17.3 Å². The average molecular weight is 446 g/mol. The van der Waals surface area contributed by atoms with Crippen LogP contribution in [0.25, 0.3) is 0 Å². The van der Waals surface area contributed by atoms with Gasteiger partial charge in [-0.15, -0.1) is 0 Å². The molecule has 0 aliphatic heterocycles. The lowest BCUT2D eigenvalue weighted by molar-refractivity contribution is -0.124. The van der Waals surface area contributed by atoms with Gasteiger partial charge >= 0.3 is 0 Å². The minimum Gasteiger partial charge on any atom is -0.332 e. The molecule has 1 amide bonds. The molecule has 0 heterocycles. The Labute approximate surface area is 183 Å². The quantitative estimate of drug-likeness (QED) is 0.590. The molecule has 0 radical (unpaired) electrons. The minimum atomic E-state index is -3.71. The van der Waals surface area contributed by atoms with Crippen LogP contribution in [0.4, 0.5) is 11.4 Å². The smallest absolute Gasteiger partial charge is 0.261 e. The Kier molecular flexibility index (Phi) is 7.10. The highest BCUT2D eigenvalue weighted by atomic mass is 32.2. The van der Waals surface area contributed by atoms with Crippen molar-refractivity contribution in [3.8, 4) is 0 Å². The molecule has 8 heteroatoms.